The molecular formula is C6H11IO4. The van der Waals surface area contributed by atoms with E-state index in [-0.39, 0.29) is 0 Å². The smallest absolute Gasteiger partial charge is 0.135 e. The van der Waals surface area contributed by atoms with E-state index in [4.69, 9.17) is 15.3 Å². The normalized spacial score (nSPS) is 21.9. The summed E-state index contributed by atoms with van der Waals surface area (Å²) in [5.41, 5.74) is 0. The summed E-state index contributed by atoms with van der Waals surface area (Å²) >= 11 is 1.69. The molecule has 5 heteroatoms. The molecule has 0 heterocycles. The zero-order valence-corrected chi connectivity index (χ0v) is 8.17. The molecule has 0 aromatic heterocycles. The zero-order valence-electron chi connectivity index (χ0n) is 6.01. The summed E-state index contributed by atoms with van der Waals surface area (Å²) in [7, 11) is 0. The molecule has 0 aromatic rings. The van der Waals surface area contributed by atoms with E-state index in [1.165, 1.54) is 6.92 Å². The van der Waals surface area contributed by atoms with Crippen molar-refractivity contribution in [2.45, 2.75) is 29.2 Å². The van der Waals surface area contributed by atoms with Crippen LogP contribution in [0.5, 0.6) is 0 Å². The van der Waals surface area contributed by atoms with Gasteiger partial charge in [-0.1, -0.05) is 22.6 Å². The van der Waals surface area contributed by atoms with Crippen molar-refractivity contribution in [2.24, 2.45) is 0 Å². The fourth-order valence-electron chi connectivity index (χ4n) is 0.554. The number of aliphatic hydroxyl groups is 3. The van der Waals surface area contributed by atoms with Gasteiger partial charge in [-0.3, -0.25) is 0 Å². The zero-order chi connectivity index (χ0) is 9.02. The van der Waals surface area contributed by atoms with Gasteiger partial charge in [0.2, 0.25) is 0 Å². The summed E-state index contributed by atoms with van der Waals surface area (Å²) < 4.78 is -0.683. The van der Waals surface area contributed by atoms with Crippen molar-refractivity contribution in [1.29, 1.82) is 0 Å². The minimum Gasteiger partial charge on any atom is -0.391 e. The summed E-state index contributed by atoms with van der Waals surface area (Å²) in [5, 5.41) is 26.9. The Morgan fingerprint density at radius 1 is 1.27 bits per heavy atom. The predicted molar refractivity (Wildman–Crippen MR) is 47.6 cm³/mol. The fourth-order valence-corrected chi connectivity index (χ4v) is 0.980. The number of alkyl halides is 1. The van der Waals surface area contributed by atoms with Crippen LogP contribution in [0.25, 0.3) is 0 Å². The lowest BCUT2D eigenvalue weighted by Gasteiger charge is -2.21. The second-order valence-electron chi connectivity index (χ2n) is 2.30. The van der Waals surface area contributed by atoms with Gasteiger partial charge in [-0.15, -0.1) is 0 Å². The van der Waals surface area contributed by atoms with Crippen LogP contribution in [-0.4, -0.2) is 43.8 Å². The van der Waals surface area contributed by atoms with E-state index in [0.717, 1.165) is 0 Å². The summed E-state index contributed by atoms with van der Waals surface area (Å²) in [6.45, 7) is 1.35. The number of aldehydes is 1. The molecule has 66 valence electrons. The van der Waals surface area contributed by atoms with Crippen LogP contribution in [0.15, 0.2) is 0 Å². The van der Waals surface area contributed by atoms with Crippen LogP contribution in [0, 0.1) is 0 Å². The molecule has 0 aliphatic rings. The molecule has 0 unspecified atom stereocenters. The number of halogens is 1. The highest BCUT2D eigenvalue weighted by atomic mass is 127. The summed E-state index contributed by atoms with van der Waals surface area (Å²) in [6.07, 6.45) is -2.96. The number of carbonyl (C=O) groups is 1. The maximum absolute atomic E-state index is 10.1. The van der Waals surface area contributed by atoms with Crippen molar-refractivity contribution in [3.63, 3.8) is 0 Å². The Hall–Kier alpha value is 0.280. The lowest BCUT2D eigenvalue weighted by atomic mass is 10.1. The average Bonchev–Trinajstić information content (AvgIpc) is 2.00. The Balaban J connectivity index is 4.00. The third-order valence-corrected chi connectivity index (χ3v) is 2.33. The maximum atomic E-state index is 10.1. The highest BCUT2D eigenvalue weighted by Crippen LogP contribution is 2.10. The van der Waals surface area contributed by atoms with Gasteiger partial charge in [-0.05, 0) is 6.92 Å². The minimum absolute atomic E-state index is 0.525. The van der Waals surface area contributed by atoms with E-state index >= 15 is 0 Å². The number of carbonyl (C=O) groups excluding carboxylic acids is 1. The molecule has 0 spiro atoms. The van der Waals surface area contributed by atoms with Crippen molar-refractivity contribution < 1.29 is 20.1 Å². The van der Waals surface area contributed by atoms with Crippen LogP contribution in [0.4, 0.5) is 0 Å². The molecular weight excluding hydrogens is 263 g/mol. The highest BCUT2D eigenvalue weighted by molar-refractivity contribution is 14.1. The first-order chi connectivity index (χ1) is 5.00. The van der Waals surface area contributed by atoms with E-state index in [1.54, 1.807) is 22.6 Å². The Labute approximate surface area is 78.4 Å². The molecule has 0 bridgehead atoms. The SMILES string of the molecule is C[C@H](O)[C@@H](O)[C@@H](O)[C@H](I)C=O. The van der Waals surface area contributed by atoms with E-state index < -0.39 is 22.2 Å². The van der Waals surface area contributed by atoms with Gasteiger partial charge in [0.1, 0.15) is 18.5 Å². The number of aliphatic hydroxyl groups excluding tert-OH is 3. The van der Waals surface area contributed by atoms with Crippen LogP contribution >= 0.6 is 22.6 Å². The lowest BCUT2D eigenvalue weighted by molar-refractivity contribution is -0.111. The molecule has 0 amide bonds. The Kier molecular flexibility index (Phi) is 5.15. The molecule has 0 rings (SSSR count). The van der Waals surface area contributed by atoms with Crippen molar-refractivity contribution in [2.75, 3.05) is 0 Å². The van der Waals surface area contributed by atoms with Crippen molar-refractivity contribution >= 4 is 28.9 Å². The van der Waals surface area contributed by atoms with E-state index in [1.807, 2.05) is 0 Å². The molecule has 0 saturated carbocycles. The highest BCUT2D eigenvalue weighted by Gasteiger charge is 2.26. The molecule has 3 N–H and O–H groups in total. The van der Waals surface area contributed by atoms with Gasteiger partial charge in [0, 0.05) is 0 Å². The van der Waals surface area contributed by atoms with Crippen molar-refractivity contribution in [1.82, 2.24) is 0 Å². The largest absolute Gasteiger partial charge is 0.391 e. The first kappa shape index (κ1) is 11.3. The fraction of sp³-hybridized carbons (Fsp3) is 0.833. The van der Waals surface area contributed by atoms with Gasteiger partial charge in [-0.25, -0.2) is 0 Å². The Morgan fingerprint density at radius 3 is 2.00 bits per heavy atom. The van der Waals surface area contributed by atoms with Gasteiger partial charge >= 0.3 is 0 Å². The van der Waals surface area contributed by atoms with Gasteiger partial charge in [0.15, 0.2) is 0 Å². The van der Waals surface area contributed by atoms with Gasteiger partial charge < -0.3 is 20.1 Å². The predicted octanol–water partition coefficient (Wildman–Crippen LogP) is -0.909. The second-order valence-corrected chi connectivity index (χ2v) is 3.74. The Bertz CT molecular complexity index is 128. The first-order valence-electron chi connectivity index (χ1n) is 3.14. The third kappa shape index (κ3) is 3.46. The van der Waals surface area contributed by atoms with Gasteiger partial charge in [-0.2, -0.15) is 0 Å². The standard InChI is InChI=1S/C6H11IO4/c1-3(9)5(10)6(11)4(7)2-8/h2-6,9-11H,1H3/t3-,4+,5+,6-/m0/s1. The molecule has 0 aromatic carbocycles. The molecule has 0 fully saturated rings. The van der Waals surface area contributed by atoms with Gasteiger partial charge in [0.05, 0.1) is 10.0 Å². The molecule has 0 aliphatic carbocycles. The number of hydrogen-bond acceptors (Lipinski definition) is 4. The van der Waals surface area contributed by atoms with Crippen LogP contribution < -0.4 is 0 Å². The van der Waals surface area contributed by atoms with Gasteiger partial charge in [0.25, 0.3) is 0 Å². The third-order valence-electron chi connectivity index (χ3n) is 1.30. The van der Waals surface area contributed by atoms with Crippen LogP contribution in [0.1, 0.15) is 6.92 Å². The van der Waals surface area contributed by atoms with E-state index in [2.05, 4.69) is 0 Å². The minimum atomic E-state index is -1.26. The number of rotatable bonds is 4. The molecule has 11 heavy (non-hydrogen) atoms. The number of hydrogen-bond donors (Lipinski definition) is 3. The lowest BCUT2D eigenvalue weighted by Crippen LogP contribution is -2.41. The monoisotopic (exact) mass is 274 g/mol. The summed E-state index contributed by atoms with van der Waals surface area (Å²) in [4.78, 5) is 10.1. The molecule has 0 aliphatic heterocycles. The molecule has 4 atom stereocenters. The maximum Gasteiger partial charge on any atom is 0.135 e. The van der Waals surface area contributed by atoms with E-state index in [9.17, 15) is 4.79 Å². The Morgan fingerprint density at radius 2 is 1.73 bits per heavy atom. The van der Waals surface area contributed by atoms with E-state index in [0.29, 0.717) is 6.29 Å². The van der Waals surface area contributed by atoms with Crippen LogP contribution in [0.2, 0.25) is 0 Å². The van der Waals surface area contributed by atoms with Crippen LogP contribution in [-0.2, 0) is 4.79 Å². The molecule has 0 radical (unpaired) electrons. The second kappa shape index (κ2) is 5.02. The first-order valence-corrected chi connectivity index (χ1v) is 4.38. The topological polar surface area (TPSA) is 77.8 Å². The molecule has 0 saturated heterocycles. The van der Waals surface area contributed by atoms with Crippen LogP contribution in [0.3, 0.4) is 0 Å². The summed E-state index contributed by atoms with van der Waals surface area (Å²) in [5.74, 6) is 0. The summed E-state index contributed by atoms with van der Waals surface area (Å²) in [6, 6.07) is 0. The average molecular weight is 274 g/mol. The molecule has 4 nitrogen and oxygen atoms in total. The quantitative estimate of drug-likeness (QED) is 0.352. The van der Waals surface area contributed by atoms with Crippen molar-refractivity contribution in [3.8, 4) is 0 Å². The van der Waals surface area contributed by atoms with Crippen molar-refractivity contribution in [3.05, 3.63) is 0 Å².